The van der Waals surface area contributed by atoms with Crippen molar-refractivity contribution in [1.82, 2.24) is 4.90 Å². The molecule has 5 nitrogen and oxygen atoms in total. The first-order valence-corrected chi connectivity index (χ1v) is 9.27. The molecule has 9 heteroatoms. The van der Waals surface area contributed by atoms with E-state index < -0.39 is 17.6 Å². The second-order valence-corrected chi connectivity index (χ2v) is 7.34. The van der Waals surface area contributed by atoms with E-state index in [9.17, 15) is 22.8 Å². The minimum absolute atomic E-state index is 0. The Morgan fingerprint density at radius 3 is 2.46 bits per heavy atom. The van der Waals surface area contributed by atoms with E-state index in [4.69, 9.17) is 5.73 Å². The van der Waals surface area contributed by atoms with Gasteiger partial charge in [-0.05, 0) is 50.8 Å². The van der Waals surface area contributed by atoms with Crippen molar-refractivity contribution in [2.75, 3.05) is 18.0 Å². The van der Waals surface area contributed by atoms with E-state index in [1.807, 2.05) is 0 Å². The third-order valence-corrected chi connectivity index (χ3v) is 5.29. The molecule has 0 spiro atoms. The molecule has 0 radical (unpaired) electrons. The number of halogens is 4. The normalized spacial score (nSPS) is 21.5. The minimum Gasteiger partial charge on any atom is -0.334 e. The number of benzene rings is 1. The molecular weight excluding hydrogens is 395 g/mol. The van der Waals surface area contributed by atoms with Crippen LogP contribution >= 0.6 is 12.4 Å². The molecule has 2 aliphatic heterocycles. The maximum absolute atomic E-state index is 13.4. The van der Waals surface area contributed by atoms with Crippen molar-refractivity contribution in [3.8, 4) is 0 Å². The second kappa shape index (κ2) is 8.69. The van der Waals surface area contributed by atoms with E-state index in [2.05, 4.69) is 0 Å². The summed E-state index contributed by atoms with van der Waals surface area (Å²) in [7, 11) is 0. The Hall–Kier alpha value is -1.80. The standard InChI is InChI=1S/C19H24F3N3O2.ClH/c1-12(23)16-5-2-3-7-25(16)18(27)13-9-14(19(20,21)22)11-15(10-13)24-8-4-6-17(24)26;/h9-12,16H,2-8,23H2,1H3;1H. The summed E-state index contributed by atoms with van der Waals surface area (Å²) in [5, 5.41) is 0. The van der Waals surface area contributed by atoms with Crippen LogP contribution in [0.15, 0.2) is 18.2 Å². The topological polar surface area (TPSA) is 66.6 Å². The van der Waals surface area contributed by atoms with Crippen LogP contribution in [0.5, 0.6) is 0 Å². The molecule has 3 rings (SSSR count). The van der Waals surface area contributed by atoms with Gasteiger partial charge < -0.3 is 15.5 Å². The summed E-state index contributed by atoms with van der Waals surface area (Å²) in [4.78, 5) is 27.9. The van der Waals surface area contributed by atoms with E-state index >= 15 is 0 Å². The average molecular weight is 420 g/mol. The lowest BCUT2D eigenvalue weighted by molar-refractivity contribution is -0.137. The number of alkyl halides is 3. The number of nitrogens with two attached hydrogens (primary N) is 1. The highest BCUT2D eigenvalue weighted by atomic mass is 35.5. The molecule has 0 bridgehead atoms. The molecule has 0 aromatic heterocycles. The Labute approximate surface area is 168 Å². The number of carbonyl (C=O) groups excluding carboxylic acids is 2. The number of hydrogen-bond donors (Lipinski definition) is 1. The summed E-state index contributed by atoms with van der Waals surface area (Å²) >= 11 is 0. The molecule has 2 atom stereocenters. The van der Waals surface area contributed by atoms with Crippen LogP contribution in [-0.4, -0.2) is 41.9 Å². The number of hydrogen-bond acceptors (Lipinski definition) is 3. The average Bonchev–Trinajstić information content (AvgIpc) is 3.06. The van der Waals surface area contributed by atoms with E-state index in [-0.39, 0.29) is 41.6 Å². The Kier molecular flexibility index (Phi) is 6.98. The fourth-order valence-electron chi connectivity index (χ4n) is 3.90. The van der Waals surface area contributed by atoms with Crippen LogP contribution in [-0.2, 0) is 11.0 Å². The lowest BCUT2D eigenvalue weighted by Gasteiger charge is -2.38. The summed E-state index contributed by atoms with van der Waals surface area (Å²) < 4.78 is 40.2. The van der Waals surface area contributed by atoms with Crippen molar-refractivity contribution >= 4 is 29.9 Å². The van der Waals surface area contributed by atoms with Gasteiger partial charge >= 0.3 is 6.18 Å². The number of anilines is 1. The molecule has 2 aliphatic rings. The third-order valence-electron chi connectivity index (χ3n) is 5.29. The maximum Gasteiger partial charge on any atom is 0.416 e. The highest BCUT2D eigenvalue weighted by Gasteiger charge is 2.35. The quantitative estimate of drug-likeness (QED) is 0.814. The van der Waals surface area contributed by atoms with Crippen molar-refractivity contribution in [2.24, 2.45) is 5.73 Å². The molecule has 28 heavy (non-hydrogen) atoms. The Morgan fingerprint density at radius 1 is 1.18 bits per heavy atom. The highest BCUT2D eigenvalue weighted by Crippen LogP contribution is 2.35. The van der Waals surface area contributed by atoms with Crippen molar-refractivity contribution < 1.29 is 22.8 Å². The molecule has 2 amide bonds. The van der Waals surface area contributed by atoms with Gasteiger partial charge in [-0.15, -0.1) is 12.4 Å². The first-order chi connectivity index (χ1) is 12.7. The van der Waals surface area contributed by atoms with Crippen LogP contribution < -0.4 is 10.6 Å². The molecule has 0 saturated carbocycles. The Morgan fingerprint density at radius 2 is 1.89 bits per heavy atom. The van der Waals surface area contributed by atoms with Crippen LogP contribution in [0, 0.1) is 0 Å². The number of rotatable bonds is 3. The fourth-order valence-corrected chi connectivity index (χ4v) is 3.90. The third kappa shape index (κ3) is 4.60. The van der Waals surface area contributed by atoms with Crippen molar-refractivity contribution in [3.05, 3.63) is 29.3 Å². The predicted octanol–water partition coefficient (Wildman–Crippen LogP) is 3.60. The van der Waals surface area contributed by atoms with Gasteiger partial charge in [0.1, 0.15) is 0 Å². The second-order valence-electron chi connectivity index (χ2n) is 7.34. The zero-order valence-corrected chi connectivity index (χ0v) is 16.5. The Bertz CT molecular complexity index is 740. The first kappa shape index (κ1) is 22.5. The first-order valence-electron chi connectivity index (χ1n) is 9.27. The van der Waals surface area contributed by atoms with Gasteiger partial charge in [0.25, 0.3) is 5.91 Å². The lowest BCUT2D eigenvalue weighted by atomic mass is 9.95. The molecule has 2 heterocycles. The van der Waals surface area contributed by atoms with Crippen molar-refractivity contribution in [3.63, 3.8) is 0 Å². The van der Waals surface area contributed by atoms with Crippen molar-refractivity contribution in [2.45, 2.75) is 57.3 Å². The summed E-state index contributed by atoms with van der Waals surface area (Å²) in [6.07, 6.45) is -1.23. The van der Waals surface area contributed by atoms with E-state index in [1.54, 1.807) is 11.8 Å². The van der Waals surface area contributed by atoms with Gasteiger partial charge in [0.05, 0.1) is 5.56 Å². The molecular formula is C19H25ClF3N3O2. The number of carbonyl (C=O) groups is 2. The Balaban J connectivity index is 0.00000280. The summed E-state index contributed by atoms with van der Waals surface area (Å²) in [6, 6.07) is 2.75. The molecule has 2 saturated heterocycles. The summed E-state index contributed by atoms with van der Waals surface area (Å²) in [5.74, 6) is -0.685. The smallest absolute Gasteiger partial charge is 0.334 e. The van der Waals surface area contributed by atoms with Gasteiger partial charge in [0.2, 0.25) is 5.91 Å². The van der Waals surface area contributed by atoms with Gasteiger partial charge in [-0.1, -0.05) is 0 Å². The summed E-state index contributed by atoms with van der Waals surface area (Å²) in [6.45, 7) is 2.63. The molecule has 2 unspecified atom stereocenters. The lowest BCUT2D eigenvalue weighted by Crippen LogP contribution is -2.51. The van der Waals surface area contributed by atoms with Crippen LogP contribution in [0.4, 0.5) is 18.9 Å². The largest absolute Gasteiger partial charge is 0.416 e. The van der Waals surface area contributed by atoms with Crippen molar-refractivity contribution in [1.29, 1.82) is 0 Å². The minimum atomic E-state index is -4.60. The van der Waals surface area contributed by atoms with Crippen LogP contribution in [0.3, 0.4) is 0 Å². The van der Waals surface area contributed by atoms with Gasteiger partial charge in [0, 0.05) is 42.8 Å². The summed E-state index contributed by atoms with van der Waals surface area (Å²) in [5.41, 5.74) is 5.16. The maximum atomic E-state index is 13.4. The molecule has 2 N–H and O–H groups in total. The molecule has 1 aromatic carbocycles. The molecule has 0 aliphatic carbocycles. The van der Waals surface area contributed by atoms with E-state index in [0.29, 0.717) is 25.9 Å². The molecule has 1 aromatic rings. The van der Waals surface area contributed by atoms with Gasteiger partial charge in [-0.2, -0.15) is 13.2 Å². The van der Waals surface area contributed by atoms with Crippen LogP contribution in [0.25, 0.3) is 0 Å². The SMILES string of the molecule is CC(N)C1CCCCN1C(=O)c1cc(N2CCCC2=O)cc(C(F)(F)F)c1.Cl. The van der Waals surface area contributed by atoms with Crippen LogP contribution in [0.2, 0.25) is 0 Å². The molecule has 156 valence electrons. The van der Waals surface area contributed by atoms with Crippen LogP contribution in [0.1, 0.15) is 54.9 Å². The van der Waals surface area contributed by atoms with Gasteiger partial charge in [0.15, 0.2) is 0 Å². The number of amides is 2. The monoisotopic (exact) mass is 419 g/mol. The number of likely N-dealkylation sites (tertiary alicyclic amines) is 1. The zero-order chi connectivity index (χ0) is 19.8. The molecule has 2 fully saturated rings. The van der Waals surface area contributed by atoms with E-state index in [1.165, 1.54) is 11.0 Å². The van der Waals surface area contributed by atoms with E-state index in [0.717, 1.165) is 31.4 Å². The highest BCUT2D eigenvalue weighted by molar-refractivity contribution is 5.99. The zero-order valence-electron chi connectivity index (χ0n) is 15.7. The fraction of sp³-hybridized carbons (Fsp3) is 0.579. The number of nitrogens with zero attached hydrogens (tertiary/aromatic N) is 2. The predicted molar refractivity (Wildman–Crippen MR) is 103 cm³/mol. The number of piperidine rings is 1. The van der Waals surface area contributed by atoms with Gasteiger partial charge in [-0.25, -0.2) is 0 Å². The van der Waals surface area contributed by atoms with Gasteiger partial charge in [-0.3, -0.25) is 9.59 Å².